The molecular weight excluding hydrogens is 513 g/mol. The molecule has 35 heavy (non-hydrogen) atoms. The van der Waals surface area contributed by atoms with Crippen LogP contribution in [0.3, 0.4) is 0 Å². The summed E-state index contributed by atoms with van der Waals surface area (Å²) in [4.78, 5) is 24.0. The fourth-order valence-electron chi connectivity index (χ4n) is 3.40. The summed E-state index contributed by atoms with van der Waals surface area (Å²) in [6.07, 6.45) is -1.00. The molecule has 2 atom stereocenters. The number of benzene rings is 2. The first-order valence-corrected chi connectivity index (χ1v) is 12.5. The van der Waals surface area contributed by atoms with Gasteiger partial charge in [-0.3, -0.25) is 14.5 Å². The number of carbonyl (C=O) groups excluding carboxylic acids is 2. The van der Waals surface area contributed by atoms with Crippen molar-refractivity contribution in [3.63, 3.8) is 0 Å². The van der Waals surface area contributed by atoms with Crippen LogP contribution < -0.4 is 9.47 Å². The van der Waals surface area contributed by atoms with Crippen molar-refractivity contribution in [2.75, 3.05) is 25.6 Å². The summed E-state index contributed by atoms with van der Waals surface area (Å²) in [5, 5.41) is 11.0. The number of halogens is 3. The Labute approximate surface area is 222 Å². The van der Waals surface area contributed by atoms with E-state index in [1.54, 1.807) is 12.1 Å². The molecule has 0 aliphatic heterocycles. The van der Waals surface area contributed by atoms with Gasteiger partial charge in [0.1, 0.15) is 18.5 Å². The van der Waals surface area contributed by atoms with Crippen molar-refractivity contribution in [1.29, 1.82) is 0 Å². The summed E-state index contributed by atoms with van der Waals surface area (Å²) in [6, 6.07) is 11.1. The van der Waals surface area contributed by atoms with Crippen LogP contribution in [-0.2, 0) is 15.0 Å². The number of rotatable bonds is 11. The highest BCUT2D eigenvalue weighted by atomic mass is 35.5. The summed E-state index contributed by atoms with van der Waals surface area (Å²) in [6.45, 7) is 8.88. The Bertz CT molecular complexity index is 989. The zero-order valence-corrected chi connectivity index (χ0v) is 22.9. The molecular formula is C26H32Cl3NO5. The fraction of sp³-hybridized carbons (Fsp3) is 0.462. The van der Waals surface area contributed by atoms with E-state index in [0.29, 0.717) is 34.0 Å². The smallest absolute Gasteiger partial charge is 0.226 e. The molecule has 0 spiro atoms. The highest BCUT2D eigenvalue weighted by Crippen LogP contribution is 2.40. The van der Waals surface area contributed by atoms with Crippen LogP contribution in [0.4, 0.5) is 0 Å². The van der Waals surface area contributed by atoms with Crippen molar-refractivity contribution in [1.82, 2.24) is 4.90 Å². The Balaban J connectivity index is 2.09. The lowest BCUT2D eigenvalue weighted by molar-refractivity contribution is -0.144. The highest BCUT2D eigenvalue weighted by molar-refractivity contribution is 6.37. The maximum absolute atomic E-state index is 11.5. The summed E-state index contributed by atoms with van der Waals surface area (Å²) < 4.78 is 11.4. The molecule has 0 heterocycles. The Kier molecular flexibility index (Phi) is 10.7. The minimum Gasteiger partial charge on any atom is -0.491 e. The molecule has 0 saturated heterocycles. The predicted octanol–water partition coefficient (Wildman–Crippen LogP) is 5.71. The van der Waals surface area contributed by atoms with Gasteiger partial charge in [0.15, 0.2) is 5.75 Å². The van der Waals surface area contributed by atoms with Gasteiger partial charge in [0.05, 0.1) is 23.2 Å². The number of aliphatic hydroxyl groups excluding tert-OH is 1. The first kappa shape index (κ1) is 29.2. The number of nitrogens with zero attached hydrogens (tertiary/aromatic N) is 1. The second kappa shape index (κ2) is 12.8. The minimum absolute atomic E-state index is 0.0607. The quantitative estimate of drug-likeness (QED) is 0.367. The molecule has 0 aliphatic rings. The molecule has 0 bridgehead atoms. The molecule has 0 radical (unpaired) electrons. The van der Waals surface area contributed by atoms with Crippen molar-refractivity contribution in [3.05, 3.63) is 57.6 Å². The van der Waals surface area contributed by atoms with Crippen molar-refractivity contribution < 1.29 is 24.2 Å². The molecule has 6 nitrogen and oxygen atoms in total. The Morgan fingerprint density at radius 2 is 1.51 bits per heavy atom. The first-order chi connectivity index (χ1) is 16.4. The number of hydrogen-bond acceptors (Lipinski definition) is 5. The molecule has 0 saturated carbocycles. The van der Waals surface area contributed by atoms with E-state index in [4.69, 9.17) is 44.3 Å². The van der Waals surface area contributed by atoms with E-state index in [9.17, 15) is 14.7 Å². The third-order valence-corrected chi connectivity index (χ3v) is 6.76. The minimum atomic E-state index is -1.00. The SMILES string of the molecule is CC(=O)N(C[C@@H](O)COc1ccc(C(C)(C)c2cc(Cl)c(OC[C@H](C)CCl)c(Cl)c2)cc1)C(C)=O. The standard InChI is InChI=1S/C26H32Cl3NO5/c1-16(12-27)14-35-25-23(28)10-20(11-24(25)29)26(4,5)19-6-8-22(9-7-19)34-15-21(33)13-30(17(2)31)18(3)32/h6-11,16,21,33H,12-15H2,1-5H3/t16-,21-/m1/s1. The number of alkyl halides is 1. The average molecular weight is 545 g/mol. The maximum atomic E-state index is 11.5. The highest BCUT2D eigenvalue weighted by Gasteiger charge is 2.26. The zero-order valence-electron chi connectivity index (χ0n) is 20.6. The summed E-state index contributed by atoms with van der Waals surface area (Å²) in [5.74, 6) is 0.799. The third kappa shape index (κ3) is 8.01. The largest absolute Gasteiger partial charge is 0.491 e. The van der Waals surface area contributed by atoms with Crippen molar-refractivity contribution in [2.24, 2.45) is 5.92 Å². The molecule has 0 aliphatic carbocycles. The molecule has 1 N–H and O–H groups in total. The van der Waals surface area contributed by atoms with Crippen molar-refractivity contribution >= 4 is 46.6 Å². The first-order valence-electron chi connectivity index (χ1n) is 11.2. The number of hydrogen-bond donors (Lipinski definition) is 1. The lowest BCUT2D eigenvalue weighted by Crippen LogP contribution is -2.41. The Morgan fingerprint density at radius 1 is 0.971 bits per heavy atom. The number of ether oxygens (including phenoxy) is 2. The molecule has 192 valence electrons. The number of aliphatic hydroxyl groups is 1. The van der Waals surface area contributed by atoms with Gasteiger partial charge in [-0.15, -0.1) is 11.6 Å². The van der Waals surface area contributed by atoms with E-state index in [1.807, 2.05) is 31.2 Å². The lowest BCUT2D eigenvalue weighted by atomic mass is 9.78. The maximum Gasteiger partial charge on any atom is 0.226 e. The fourth-order valence-corrected chi connectivity index (χ4v) is 4.08. The number of carbonyl (C=O) groups is 2. The van der Waals surface area contributed by atoms with Gasteiger partial charge in [-0.2, -0.15) is 0 Å². The van der Waals surface area contributed by atoms with E-state index in [2.05, 4.69) is 13.8 Å². The van der Waals surface area contributed by atoms with Crippen LogP contribution in [0.2, 0.25) is 10.0 Å². The molecule has 9 heteroatoms. The summed E-state index contributed by atoms with van der Waals surface area (Å²) >= 11 is 18.8. The van der Waals surface area contributed by atoms with Crippen LogP contribution in [0.15, 0.2) is 36.4 Å². The van der Waals surface area contributed by atoms with Gasteiger partial charge in [0.25, 0.3) is 0 Å². The molecule has 0 fully saturated rings. The number of amides is 2. The van der Waals surface area contributed by atoms with Gasteiger partial charge in [-0.1, -0.05) is 56.1 Å². The van der Waals surface area contributed by atoms with Gasteiger partial charge in [-0.25, -0.2) is 0 Å². The van der Waals surface area contributed by atoms with E-state index in [-0.39, 0.29) is 19.1 Å². The molecule has 2 rings (SSSR count). The zero-order chi connectivity index (χ0) is 26.3. The normalized spacial score (nSPS) is 13.2. The predicted molar refractivity (Wildman–Crippen MR) is 140 cm³/mol. The summed E-state index contributed by atoms with van der Waals surface area (Å²) in [7, 11) is 0. The third-order valence-electron chi connectivity index (χ3n) is 5.67. The van der Waals surface area contributed by atoms with E-state index >= 15 is 0 Å². The van der Waals surface area contributed by atoms with E-state index in [0.717, 1.165) is 16.0 Å². The van der Waals surface area contributed by atoms with Crippen LogP contribution in [-0.4, -0.2) is 53.6 Å². The van der Waals surface area contributed by atoms with Gasteiger partial charge in [0, 0.05) is 31.1 Å². The van der Waals surface area contributed by atoms with Crippen LogP contribution in [0.1, 0.15) is 45.7 Å². The molecule has 0 aromatic heterocycles. The van der Waals surface area contributed by atoms with Crippen molar-refractivity contribution in [3.8, 4) is 11.5 Å². The molecule has 0 unspecified atom stereocenters. The van der Waals surface area contributed by atoms with E-state index < -0.39 is 23.3 Å². The topological polar surface area (TPSA) is 76.1 Å². The van der Waals surface area contributed by atoms with Gasteiger partial charge >= 0.3 is 0 Å². The molecule has 2 amide bonds. The van der Waals surface area contributed by atoms with Crippen LogP contribution in [0.25, 0.3) is 0 Å². The van der Waals surface area contributed by atoms with Crippen LogP contribution >= 0.6 is 34.8 Å². The van der Waals surface area contributed by atoms with Gasteiger partial charge in [-0.05, 0) is 35.4 Å². The monoisotopic (exact) mass is 543 g/mol. The second-order valence-electron chi connectivity index (χ2n) is 9.10. The molecule has 2 aromatic carbocycles. The second-order valence-corrected chi connectivity index (χ2v) is 10.2. The lowest BCUT2D eigenvalue weighted by Gasteiger charge is -2.27. The van der Waals surface area contributed by atoms with Gasteiger partial charge < -0.3 is 14.6 Å². The van der Waals surface area contributed by atoms with E-state index in [1.165, 1.54) is 13.8 Å². The Hall–Kier alpha value is -1.99. The number of imide groups is 1. The van der Waals surface area contributed by atoms with Crippen LogP contribution in [0.5, 0.6) is 11.5 Å². The molecule has 2 aromatic rings. The average Bonchev–Trinajstić information content (AvgIpc) is 2.80. The van der Waals surface area contributed by atoms with Gasteiger partial charge in [0.2, 0.25) is 11.8 Å². The Morgan fingerprint density at radius 3 is 2.00 bits per heavy atom. The van der Waals surface area contributed by atoms with Crippen LogP contribution in [0, 0.1) is 5.92 Å². The summed E-state index contributed by atoms with van der Waals surface area (Å²) in [5.41, 5.74) is 1.50. The van der Waals surface area contributed by atoms with Crippen molar-refractivity contribution in [2.45, 2.75) is 46.1 Å².